The topological polar surface area (TPSA) is 74.6 Å². The molecule has 124 valence electrons. The van der Waals surface area contributed by atoms with E-state index in [4.69, 9.17) is 14.7 Å². The van der Waals surface area contributed by atoms with Crippen molar-refractivity contribution in [3.8, 4) is 17.6 Å². The molecule has 0 fully saturated rings. The lowest BCUT2D eigenvalue weighted by atomic mass is 10.2. The van der Waals surface area contributed by atoms with E-state index in [2.05, 4.69) is 16.3 Å². The Hall–Kier alpha value is -2.56. The number of anilines is 1. The highest BCUT2D eigenvalue weighted by Gasteiger charge is 2.14. The van der Waals surface area contributed by atoms with E-state index in [-0.39, 0.29) is 12.7 Å². The number of ether oxygens (including phenoxy) is 2. The minimum absolute atomic E-state index is 0.0912. The van der Waals surface area contributed by atoms with Gasteiger partial charge in [0.1, 0.15) is 11.1 Å². The summed E-state index contributed by atoms with van der Waals surface area (Å²) in [5.74, 6) is 1.44. The lowest BCUT2D eigenvalue weighted by Gasteiger charge is -2.16. The van der Waals surface area contributed by atoms with Gasteiger partial charge in [-0.05, 0) is 36.2 Å². The van der Waals surface area contributed by atoms with E-state index < -0.39 is 0 Å². The highest BCUT2D eigenvalue weighted by atomic mass is 32.1. The van der Waals surface area contributed by atoms with Gasteiger partial charge in [-0.2, -0.15) is 5.26 Å². The van der Waals surface area contributed by atoms with E-state index in [9.17, 15) is 4.79 Å². The van der Waals surface area contributed by atoms with Gasteiger partial charge in [0.25, 0.3) is 0 Å². The van der Waals surface area contributed by atoms with Crippen molar-refractivity contribution in [2.24, 2.45) is 0 Å². The van der Waals surface area contributed by atoms with Crippen molar-refractivity contribution in [3.05, 3.63) is 40.8 Å². The number of amides is 1. The summed E-state index contributed by atoms with van der Waals surface area (Å²) in [6, 6.07) is 9.62. The third-order valence-electron chi connectivity index (χ3n) is 3.65. The Kier molecular flexibility index (Phi) is 4.99. The molecule has 24 heavy (non-hydrogen) atoms. The van der Waals surface area contributed by atoms with Crippen molar-refractivity contribution in [2.75, 3.05) is 25.7 Å². The maximum absolute atomic E-state index is 12.0. The third kappa shape index (κ3) is 3.85. The first-order chi connectivity index (χ1) is 11.7. The van der Waals surface area contributed by atoms with Crippen LogP contribution in [0.1, 0.15) is 17.5 Å². The van der Waals surface area contributed by atoms with Crippen LogP contribution in [0.5, 0.6) is 11.5 Å². The molecule has 0 radical (unpaired) electrons. The van der Waals surface area contributed by atoms with E-state index >= 15 is 0 Å². The van der Waals surface area contributed by atoms with Crippen LogP contribution in [0, 0.1) is 11.3 Å². The molecule has 0 saturated carbocycles. The quantitative estimate of drug-likeness (QED) is 0.873. The summed E-state index contributed by atoms with van der Waals surface area (Å²) in [6.07, 6.45) is 0.365. The molecule has 1 aliphatic heterocycles. The summed E-state index contributed by atoms with van der Waals surface area (Å²) in [5, 5.41) is 14.1. The number of nitriles is 1. The summed E-state index contributed by atoms with van der Waals surface area (Å²) < 4.78 is 10.7. The Morgan fingerprint density at radius 3 is 3.04 bits per heavy atom. The first-order valence-electron chi connectivity index (χ1n) is 7.50. The number of hydrogen-bond donors (Lipinski definition) is 1. The molecule has 6 nitrogen and oxygen atoms in total. The zero-order valence-electron chi connectivity index (χ0n) is 13.2. The number of hydrogen-bond acceptors (Lipinski definition) is 6. The van der Waals surface area contributed by atoms with E-state index in [1.54, 1.807) is 11.4 Å². The fraction of sp³-hybridized carbons (Fsp3) is 0.294. The number of carbonyl (C=O) groups is 1. The number of carbonyl (C=O) groups excluding carboxylic acids is 1. The molecule has 0 aliphatic carbocycles. The van der Waals surface area contributed by atoms with Gasteiger partial charge in [-0.3, -0.25) is 4.79 Å². The largest absolute Gasteiger partial charge is 0.454 e. The molecule has 7 heteroatoms. The number of nitrogens with zero attached hydrogens (tertiary/aromatic N) is 2. The molecule has 0 spiro atoms. The molecular weight excluding hydrogens is 326 g/mol. The van der Waals surface area contributed by atoms with Crippen LogP contribution in [0.2, 0.25) is 0 Å². The Balaban J connectivity index is 1.48. The van der Waals surface area contributed by atoms with Crippen LogP contribution in [0.15, 0.2) is 29.6 Å². The molecular formula is C17H17N3O3S. The van der Waals surface area contributed by atoms with Crippen LogP contribution in [-0.2, 0) is 11.3 Å². The van der Waals surface area contributed by atoms with Gasteiger partial charge in [0.2, 0.25) is 12.7 Å². The minimum Gasteiger partial charge on any atom is -0.454 e. The second kappa shape index (κ2) is 7.34. The van der Waals surface area contributed by atoms with Gasteiger partial charge < -0.3 is 19.7 Å². The van der Waals surface area contributed by atoms with Crippen LogP contribution in [-0.4, -0.2) is 31.2 Å². The molecule has 2 aromatic rings. The third-order valence-corrected chi connectivity index (χ3v) is 4.48. The van der Waals surface area contributed by atoms with Crippen LogP contribution in [0.25, 0.3) is 0 Å². The molecule has 1 amide bonds. The molecule has 1 aliphatic rings. The Bertz CT molecular complexity index is 782. The Morgan fingerprint density at radius 1 is 1.38 bits per heavy atom. The van der Waals surface area contributed by atoms with E-state index in [1.807, 2.05) is 25.2 Å². The summed E-state index contributed by atoms with van der Waals surface area (Å²) in [4.78, 5) is 14.1. The Morgan fingerprint density at radius 2 is 2.21 bits per heavy atom. The second-order valence-electron chi connectivity index (χ2n) is 5.50. The maximum atomic E-state index is 12.0. The molecule has 0 atom stereocenters. The van der Waals surface area contributed by atoms with Crippen LogP contribution < -0.4 is 14.8 Å². The van der Waals surface area contributed by atoms with Crippen molar-refractivity contribution in [1.82, 2.24) is 4.90 Å². The highest BCUT2D eigenvalue weighted by molar-refractivity contribution is 7.14. The highest BCUT2D eigenvalue weighted by Crippen LogP contribution is 2.32. The lowest BCUT2D eigenvalue weighted by molar-refractivity contribution is -0.116. The zero-order chi connectivity index (χ0) is 16.9. The summed E-state index contributed by atoms with van der Waals surface area (Å²) >= 11 is 1.36. The fourth-order valence-corrected chi connectivity index (χ4v) is 3.16. The number of rotatable bonds is 6. The van der Waals surface area contributed by atoms with Crippen molar-refractivity contribution < 1.29 is 14.3 Å². The predicted octanol–water partition coefficient (Wildman–Crippen LogP) is 2.81. The molecule has 2 heterocycles. The van der Waals surface area contributed by atoms with Gasteiger partial charge in [0.15, 0.2) is 11.5 Å². The van der Waals surface area contributed by atoms with Crippen molar-refractivity contribution in [3.63, 3.8) is 0 Å². The van der Waals surface area contributed by atoms with E-state index in [1.165, 1.54) is 11.3 Å². The molecule has 1 aromatic heterocycles. The predicted molar refractivity (Wildman–Crippen MR) is 91.2 cm³/mol. The molecule has 1 aromatic carbocycles. The van der Waals surface area contributed by atoms with Crippen LogP contribution in [0.4, 0.5) is 5.00 Å². The van der Waals surface area contributed by atoms with Gasteiger partial charge in [-0.25, -0.2) is 0 Å². The van der Waals surface area contributed by atoms with Gasteiger partial charge in [-0.1, -0.05) is 6.07 Å². The van der Waals surface area contributed by atoms with Crippen LogP contribution >= 0.6 is 11.3 Å². The lowest BCUT2D eigenvalue weighted by Crippen LogP contribution is -2.24. The molecule has 0 saturated heterocycles. The van der Waals surface area contributed by atoms with Crippen molar-refractivity contribution in [1.29, 1.82) is 5.26 Å². The SMILES string of the molecule is CN(CCC(=O)Nc1sccc1C#N)Cc1ccc2c(c1)OCO2. The van der Waals surface area contributed by atoms with E-state index in [0.29, 0.717) is 30.1 Å². The smallest absolute Gasteiger partial charge is 0.231 e. The maximum Gasteiger partial charge on any atom is 0.231 e. The first kappa shape index (κ1) is 16.3. The van der Waals surface area contributed by atoms with Gasteiger partial charge in [-0.15, -0.1) is 11.3 Å². The van der Waals surface area contributed by atoms with Crippen LogP contribution in [0.3, 0.4) is 0 Å². The minimum atomic E-state index is -0.0912. The molecule has 1 N–H and O–H groups in total. The van der Waals surface area contributed by atoms with Gasteiger partial charge in [0, 0.05) is 19.5 Å². The second-order valence-corrected chi connectivity index (χ2v) is 6.41. The average molecular weight is 343 g/mol. The number of fused-ring (bicyclic) bond motifs is 1. The van der Waals surface area contributed by atoms with Crippen molar-refractivity contribution >= 4 is 22.2 Å². The summed E-state index contributed by atoms with van der Waals surface area (Å²) in [7, 11) is 1.96. The number of benzene rings is 1. The van der Waals surface area contributed by atoms with Gasteiger partial charge in [0.05, 0.1) is 5.56 Å². The fourth-order valence-electron chi connectivity index (χ4n) is 2.41. The van der Waals surface area contributed by atoms with Gasteiger partial charge >= 0.3 is 0 Å². The molecule has 0 bridgehead atoms. The number of nitrogens with one attached hydrogen (secondary N) is 1. The van der Waals surface area contributed by atoms with E-state index in [0.717, 1.165) is 17.1 Å². The molecule has 0 unspecified atom stereocenters. The average Bonchev–Trinajstić information content (AvgIpc) is 3.21. The summed E-state index contributed by atoms with van der Waals surface area (Å²) in [6.45, 7) is 1.60. The normalized spacial score (nSPS) is 12.2. The summed E-state index contributed by atoms with van der Waals surface area (Å²) in [5.41, 5.74) is 1.61. The first-order valence-corrected chi connectivity index (χ1v) is 8.38. The zero-order valence-corrected chi connectivity index (χ0v) is 14.1. The standard InChI is InChI=1S/C17H17N3O3S/c1-20(10-12-2-3-14-15(8-12)23-11-22-14)6-4-16(21)19-17-13(9-18)5-7-24-17/h2-3,5,7-8H,4,6,10-11H2,1H3,(H,19,21). The number of thiophene rings is 1. The molecule has 3 rings (SSSR count). The Labute approximate surface area is 144 Å². The monoisotopic (exact) mass is 343 g/mol. The van der Waals surface area contributed by atoms with Crippen molar-refractivity contribution in [2.45, 2.75) is 13.0 Å².